The van der Waals surface area contributed by atoms with E-state index in [2.05, 4.69) is 4.90 Å². The highest BCUT2D eigenvalue weighted by Crippen LogP contribution is 2.43. The van der Waals surface area contributed by atoms with E-state index in [0.29, 0.717) is 6.42 Å². The van der Waals surface area contributed by atoms with Crippen molar-refractivity contribution in [1.29, 1.82) is 0 Å². The average Bonchev–Trinajstić information content (AvgIpc) is 2.49. The van der Waals surface area contributed by atoms with E-state index in [0.717, 1.165) is 25.9 Å². The second-order valence-electron chi connectivity index (χ2n) is 4.96. The number of halogens is 1. The number of alkyl halides is 1. The number of nitrogens with zero attached hydrogens (tertiary/aromatic N) is 2. The molecule has 0 aromatic carbocycles. The Kier molecular flexibility index (Phi) is 3.17. The maximum Gasteiger partial charge on any atom is 0.231 e. The van der Waals surface area contributed by atoms with E-state index in [1.807, 2.05) is 7.05 Å². The zero-order chi connectivity index (χ0) is 11.8. The van der Waals surface area contributed by atoms with Gasteiger partial charge in [0.05, 0.1) is 12.0 Å². The van der Waals surface area contributed by atoms with E-state index in [1.165, 1.54) is 4.90 Å². The van der Waals surface area contributed by atoms with Gasteiger partial charge in [-0.05, 0) is 33.0 Å². The molecular weight excluding hydrogens is 211 g/mol. The van der Waals surface area contributed by atoms with Crippen molar-refractivity contribution in [3.63, 3.8) is 0 Å². The topological polar surface area (TPSA) is 43.8 Å². The third-order valence-corrected chi connectivity index (χ3v) is 3.92. The first-order valence-electron chi connectivity index (χ1n) is 5.83. The number of amides is 1. The Labute approximate surface area is 95.0 Å². The molecular formula is C11H19FN2O2. The highest BCUT2D eigenvalue weighted by atomic mass is 19.1. The van der Waals surface area contributed by atoms with Gasteiger partial charge in [-0.25, -0.2) is 4.39 Å². The minimum absolute atomic E-state index is 0.0254. The first kappa shape index (κ1) is 11.8. The van der Waals surface area contributed by atoms with Crippen LogP contribution in [0.1, 0.15) is 19.3 Å². The molecule has 2 fully saturated rings. The molecule has 0 radical (unpaired) electrons. The fourth-order valence-electron chi connectivity index (χ4n) is 2.79. The summed E-state index contributed by atoms with van der Waals surface area (Å²) < 4.78 is 12.3. The van der Waals surface area contributed by atoms with Crippen molar-refractivity contribution >= 4 is 5.91 Å². The lowest BCUT2D eigenvalue weighted by Gasteiger charge is -2.35. The van der Waals surface area contributed by atoms with Crippen LogP contribution in [0.25, 0.3) is 0 Å². The zero-order valence-electron chi connectivity index (χ0n) is 9.65. The van der Waals surface area contributed by atoms with Gasteiger partial charge < -0.3 is 14.9 Å². The second-order valence-corrected chi connectivity index (χ2v) is 4.96. The van der Waals surface area contributed by atoms with E-state index >= 15 is 0 Å². The fourth-order valence-corrected chi connectivity index (χ4v) is 2.79. The van der Waals surface area contributed by atoms with E-state index < -0.39 is 18.3 Å². The van der Waals surface area contributed by atoms with Gasteiger partial charge in [0.2, 0.25) is 5.91 Å². The summed E-state index contributed by atoms with van der Waals surface area (Å²) in [4.78, 5) is 15.7. The molecule has 2 saturated heterocycles. The summed E-state index contributed by atoms with van der Waals surface area (Å²) in [5.74, 6) is -0.0502. The van der Waals surface area contributed by atoms with Crippen LogP contribution in [-0.4, -0.2) is 60.4 Å². The van der Waals surface area contributed by atoms with Gasteiger partial charge in [0, 0.05) is 6.42 Å². The Hall–Kier alpha value is -0.680. The number of likely N-dealkylation sites (tertiary alicyclic amines) is 2. The van der Waals surface area contributed by atoms with Crippen LogP contribution in [0.3, 0.4) is 0 Å². The molecule has 2 heterocycles. The lowest BCUT2D eigenvalue weighted by Crippen LogP contribution is -2.44. The van der Waals surface area contributed by atoms with Gasteiger partial charge in [-0.15, -0.1) is 0 Å². The van der Waals surface area contributed by atoms with Crippen LogP contribution >= 0.6 is 0 Å². The maximum atomic E-state index is 12.3. The first-order valence-corrected chi connectivity index (χ1v) is 5.83. The molecule has 2 rings (SSSR count). The Morgan fingerprint density at radius 2 is 2.12 bits per heavy atom. The smallest absolute Gasteiger partial charge is 0.231 e. The molecule has 0 saturated carbocycles. The zero-order valence-corrected chi connectivity index (χ0v) is 9.65. The van der Waals surface area contributed by atoms with Gasteiger partial charge in [-0.3, -0.25) is 4.79 Å². The van der Waals surface area contributed by atoms with E-state index in [4.69, 9.17) is 0 Å². The Morgan fingerprint density at radius 1 is 1.50 bits per heavy atom. The van der Waals surface area contributed by atoms with Gasteiger partial charge in [0.15, 0.2) is 0 Å². The van der Waals surface area contributed by atoms with Crippen LogP contribution < -0.4 is 0 Å². The summed E-state index contributed by atoms with van der Waals surface area (Å²) in [7, 11) is 2.03. The molecule has 0 aliphatic carbocycles. The monoisotopic (exact) mass is 230 g/mol. The number of carbonyl (C=O) groups excluding carboxylic acids is 1. The summed E-state index contributed by atoms with van der Waals surface area (Å²) in [6, 6.07) is 0. The summed E-state index contributed by atoms with van der Waals surface area (Å²) in [6.07, 6.45) is 1.25. The van der Waals surface area contributed by atoms with Crippen LogP contribution in [0.15, 0.2) is 0 Å². The molecule has 0 aromatic rings. The van der Waals surface area contributed by atoms with Crippen molar-refractivity contribution in [3.8, 4) is 0 Å². The molecule has 2 aliphatic heterocycles. The van der Waals surface area contributed by atoms with Gasteiger partial charge in [-0.2, -0.15) is 0 Å². The van der Waals surface area contributed by atoms with Crippen molar-refractivity contribution in [2.75, 3.05) is 33.4 Å². The van der Waals surface area contributed by atoms with Crippen LogP contribution in [-0.2, 0) is 4.79 Å². The Morgan fingerprint density at radius 3 is 2.69 bits per heavy atom. The quantitative estimate of drug-likeness (QED) is 0.738. The number of carbonyl (C=O) groups is 1. The molecule has 16 heavy (non-hydrogen) atoms. The lowest BCUT2D eigenvalue weighted by molar-refractivity contribution is -0.141. The minimum atomic E-state index is -0.786. The number of rotatable bonds is 2. The largest absolute Gasteiger partial charge is 0.373 e. The van der Waals surface area contributed by atoms with Crippen molar-refractivity contribution in [2.45, 2.75) is 25.5 Å². The third kappa shape index (κ3) is 1.82. The standard InChI is InChI=1S/C11H19FN2O2/c1-13-5-2-11(3-6-13)8-9(15)14(7-4-12)10(11)16/h9,15H,2-8H2,1H3. The Bertz CT molecular complexity index is 277. The van der Waals surface area contributed by atoms with E-state index in [1.54, 1.807) is 0 Å². The normalized spacial score (nSPS) is 30.3. The van der Waals surface area contributed by atoms with Gasteiger partial charge in [0.25, 0.3) is 0 Å². The molecule has 1 N–H and O–H groups in total. The minimum Gasteiger partial charge on any atom is -0.373 e. The Balaban J connectivity index is 2.10. The highest BCUT2D eigenvalue weighted by Gasteiger charge is 2.51. The predicted octanol–water partition coefficient (Wildman–Crippen LogP) is 0.219. The summed E-state index contributed by atoms with van der Waals surface area (Å²) in [5, 5.41) is 9.80. The van der Waals surface area contributed by atoms with Gasteiger partial charge in [-0.1, -0.05) is 0 Å². The molecule has 1 amide bonds. The molecule has 5 heteroatoms. The molecule has 92 valence electrons. The number of hydrogen-bond acceptors (Lipinski definition) is 3. The van der Waals surface area contributed by atoms with E-state index in [9.17, 15) is 14.3 Å². The second kappa shape index (κ2) is 4.30. The maximum absolute atomic E-state index is 12.3. The molecule has 1 unspecified atom stereocenters. The number of hydrogen-bond donors (Lipinski definition) is 1. The van der Waals surface area contributed by atoms with Crippen molar-refractivity contribution in [1.82, 2.24) is 9.80 Å². The summed E-state index contributed by atoms with van der Waals surface area (Å²) in [6.45, 7) is 1.19. The van der Waals surface area contributed by atoms with Gasteiger partial charge >= 0.3 is 0 Å². The van der Waals surface area contributed by atoms with E-state index in [-0.39, 0.29) is 12.5 Å². The molecule has 0 aromatic heterocycles. The van der Waals surface area contributed by atoms with Crippen LogP contribution in [0.4, 0.5) is 4.39 Å². The van der Waals surface area contributed by atoms with Crippen molar-refractivity contribution < 1.29 is 14.3 Å². The number of aliphatic hydroxyl groups is 1. The first-order chi connectivity index (χ1) is 7.59. The van der Waals surface area contributed by atoms with Crippen LogP contribution in [0.2, 0.25) is 0 Å². The van der Waals surface area contributed by atoms with Gasteiger partial charge in [0.1, 0.15) is 12.9 Å². The number of piperidine rings is 1. The lowest BCUT2D eigenvalue weighted by atomic mass is 9.77. The molecule has 1 atom stereocenters. The predicted molar refractivity (Wildman–Crippen MR) is 57.5 cm³/mol. The van der Waals surface area contributed by atoms with Crippen molar-refractivity contribution in [3.05, 3.63) is 0 Å². The summed E-state index contributed by atoms with van der Waals surface area (Å²) >= 11 is 0. The fraction of sp³-hybridized carbons (Fsp3) is 0.909. The average molecular weight is 230 g/mol. The third-order valence-electron chi connectivity index (χ3n) is 3.92. The molecule has 1 spiro atoms. The summed E-state index contributed by atoms with van der Waals surface area (Å²) in [5.41, 5.74) is -0.416. The molecule has 0 bridgehead atoms. The van der Waals surface area contributed by atoms with Crippen LogP contribution in [0.5, 0.6) is 0 Å². The SMILES string of the molecule is CN1CCC2(CC1)CC(O)N(CCF)C2=O. The van der Waals surface area contributed by atoms with Crippen LogP contribution in [0, 0.1) is 5.41 Å². The highest BCUT2D eigenvalue weighted by molar-refractivity contribution is 5.85. The molecule has 2 aliphatic rings. The molecule has 4 nitrogen and oxygen atoms in total. The number of aliphatic hydroxyl groups excluding tert-OH is 1. The van der Waals surface area contributed by atoms with Crippen molar-refractivity contribution in [2.24, 2.45) is 5.41 Å².